The van der Waals surface area contributed by atoms with Crippen LogP contribution >= 0.6 is 0 Å². The predicted octanol–water partition coefficient (Wildman–Crippen LogP) is 19.3. The van der Waals surface area contributed by atoms with Crippen molar-refractivity contribution in [1.29, 1.82) is 0 Å². The van der Waals surface area contributed by atoms with E-state index in [9.17, 15) is 19.2 Å². The normalized spacial score (nSPS) is 13.2. The number of amides is 4. The molecule has 0 saturated heterocycles. The Morgan fingerprint density at radius 1 is 0.284 bits per heavy atom. The molecule has 0 fully saturated rings. The van der Waals surface area contributed by atoms with Crippen LogP contribution in [0.25, 0.3) is 113 Å². The summed E-state index contributed by atoms with van der Waals surface area (Å²) in [5, 5.41) is 0.631. The van der Waals surface area contributed by atoms with Crippen LogP contribution in [0.1, 0.15) is 142 Å². The summed E-state index contributed by atoms with van der Waals surface area (Å²) < 4.78 is 0. The Kier molecular flexibility index (Phi) is 15.0. The number of rotatable bonds is 7. The van der Waals surface area contributed by atoms with E-state index in [4.69, 9.17) is 19.9 Å². The van der Waals surface area contributed by atoms with Crippen molar-refractivity contribution in [2.45, 2.75) is 96.9 Å². The summed E-state index contributed by atoms with van der Waals surface area (Å²) in [6, 6.07) is 42.5. The van der Waals surface area contributed by atoms with E-state index in [-0.39, 0.29) is 41.7 Å². The van der Waals surface area contributed by atoms with Crippen molar-refractivity contribution in [3.63, 3.8) is 0 Å². The predicted molar refractivity (Wildman–Crippen MR) is 383 cm³/mol. The molecule has 11 aromatic rings. The zero-order chi connectivity index (χ0) is 65.8. The molecule has 0 atom stereocenters. The largest absolute Gasteiger partial charge is 2.00 e. The first-order valence-electron chi connectivity index (χ1n) is 32.0. The second-order valence-corrected chi connectivity index (χ2v) is 26.1. The molecule has 4 aliphatic rings. The Labute approximate surface area is 565 Å². The topological polar surface area (TPSA) is 129 Å². The summed E-state index contributed by atoms with van der Waals surface area (Å²) in [7, 11) is 0. The number of nitrogens with zero attached hydrogens (tertiary/aromatic N) is 6. The molecule has 0 saturated carbocycles. The number of hydrogen-bond acceptors (Lipinski definition) is 6. The van der Waals surface area contributed by atoms with Crippen molar-refractivity contribution in [3.05, 3.63) is 256 Å². The molecule has 7 heterocycles. The van der Waals surface area contributed by atoms with Crippen molar-refractivity contribution < 1.29 is 38.7 Å². The first-order valence-corrected chi connectivity index (χ1v) is 32.0. The number of fused-ring (bicyclic) bond motifs is 8. The minimum Gasteiger partial charge on any atom is -0.657 e. The van der Waals surface area contributed by atoms with Crippen LogP contribution < -0.4 is 19.8 Å². The number of benzene rings is 8. The molecule has 4 aliphatic heterocycles. The van der Waals surface area contributed by atoms with Gasteiger partial charge in [-0.1, -0.05) is 84.9 Å². The fraction of sp³-hybridized carbons (Fsp3) is 0.167. The smallest absolute Gasteiger partial charge is 0.657 e. The van der Waals surface area contributed by atoms with Crippen molar-refractivity contribution in [3.8, 4) is 55.6 Å². The van der Waals surface area contributed by atoms with Gasteiger partial charge in [-0.15, -0.1) is 22.1 Å². The fourth-order valence-electron chi connectivity index (χ4n) is 15.0. The minimum atomic E-state index is -0.541. The van der Waals surface area contributed by atoms with E-state index in [1.165, 1.54) is 71.7 Å². The van der Waals surface area contributed by atoms with Crippen LogP contribution in [0.3, 0.4) is 0 Å². The van der Waals surface area contributed by atoms with Gasteiger partial charge in [0, 0.05) is 33.0 Å². The number of para-hydroxylation sites is 1. The molecule has 0 unspecified atom stereocenters. The molecule has 0 radical (unpaired) electrons. The monoisotopic (exact) mass is 1290 g/mol. The Balaban J connectivity index is 0.00000778. The number of carbonyl (C=O) groups is 4. The average molecular weight is 1290 g/mol. The number of hydrogen-bond donors (Lipinski definition) is 0. The van der Waals surface area contributed by atoms with Gasteiger partial charge in [-0.25, -0.2) is 19.8 Å². The van der Waals surface area contributed by atoms with Crippen LogP contribution in [-0.4, -0.2) is 33.6 Å². The molecule has 0 N–H and O–H groups in total. The maximum atomic E-state index is 14.7. The van der Waals surface area contributed by atoms with Crippen molar-refractivity contribution in [1.82, 2.24) is 19.9 Å². The van der Waals surface area contributed by atoms with E-state index in [0.29, 0.717) is 22.1 Å². The van der Waals surface area contributed by atoms with Gasteiger partial charge in [0.2, 0.25) is 0 Å². The van der Waals surface area contributed by atoms with Crippen LogP contribution in [-0.2, 0) is 19.5 Å². The molecule has 460 valence electrons. The Bertz CT molecular complexity index is 5350. The van der Waals surface area contributed by atoms with Crippen molar-refractivity contribution >= 4 is 92.1 Å². The number of imide groups is 2. The molecule has 8 bridgehead atoms. The number of aromatic nitrogens is 4. The third-order valence-electron chi connectivity index (χ3n) is 20.6. The summed E-state index contributed by atoms with van der Waals surface area (Å²) >= 11 is 0. The summed E-state index contributed by atoms with van der Waals surface area (Å²) in [5.41, 5.74) is 34.5. The average Bonchev–Trinajstić information content (AvgIpc) is 1.29. The maximum absolute atomic E-state index is 14.7. The Hall–Kier alpha value is -10.5. The summed E-state index contributed by atoms with van der Waals surface area (Å²) in [6.07, 6.45) is 8.62. The van der Waals surface area contributed by atoms with Crippen LogP contribution in [0, 0.1) is 96.9 Å². The summed E-state index contributed by atoms with van der Waals surface area (Å²) in [5.74, 6) is -2.11. The Morgan fingerprint density at radius 3 is 0.926 bits per heavy atom. The molecule has 0 spiro atoms. The molecule has 11 heteroatoms. The van der Waals surface area contributed by atoms with Crippen molar-refractivity contribution in [2.24, 2.45) is 0 Å². The van der Waals surface area contributed by atoms with Crippen LogP contribution in [0.4, 0.5) is 11.4 Å². The maximum Gasteiger partial charge on any atom is 2.00 e. The van der Waals surface area contributed by atoms with E-state index in [2.05, 4.69) is 176 Å². The van der Waals surface area contributed by atoms with E-state index in [1.807, 2.05) is 18.2 Å². The van der Waals surface area contributed by atoms with E-state index in [0.717, 1.165) is 117 Å². The molecule has 95 heavy (non-hydrogen) atoms. The van der Waals surface area contributed by atoms with E-state index in [1.54, 1.807) is 60.7 Å². The standard InChI is InChI=1S/C84H68N6O4.Zn/c1-41-36-42(2)50(10)72(49(41)9)78-66-30-28-64(85-66)77(65-29-31-67(86-65)79(73-51(11)43(3)37-44(4)52(73)12)69-33-35-71(88-69)80(70-34-32-68(78)87-70)74-53(13)45(5)38-46(6)54(74)14)63-40-47(7)62(39-48(63)8)55-20-22-57(23-21-55)90-83(93)60-26-24-58-75-59(25-27-61(76(60)75)84(90)94)82(92)89(81(58)91)56-18-16-15-17-19-56;/h15-40H,1-14H3;/q-2;+2. The van der Waals surface area contributed by atoms with E-state index >= 15 is 0 Å². The van der Waals surface area contributed by atoms with Gasteiger partial charge in [-0.05, 0) is 303 Å². The van der Waals surface area contributed by atoms with E-state index < -0.39 is 23.6 Å². The van der Waals surface area contributed by atoms with Gasteiger partial charge >= 0.3 is 19.5 Å². The Morgan fingerprint density at radius 2 is 0.579 bits per heavy atom. The number of anilines is 2. The zero-order valence-corrected chi connectivity index (χ0v) is 59.0. The minimum absolute atomic E-state index is 0. The molecule has 15 rings (SSSR count). The van der Waals surface area contributed by atoms with Crippen LogP contribution in [0.15, 0.2) is 133 Å². The molecule has 4 amide bonds. The molecule has 0 aliphatic carbocycles. The zero-order valence-electron chi connectivity index (χ0n) is 56.0. The van der Waals surface area contributed by atoms with Gasteiger partial charge in [0.25, 0.3) is 23.6 Å². The SMILES string of the molecule is Cc1cc(-c2c3nc(c(-c4c(C)c(C)cc(C)c4C)c4ccc([n-]4)c(-c4c(C)c(C)cc(C)c4C)c4nc(c(-c5c(C)c(C)cc(C)c5C)c5ccc2[n-]5)C=C4)C=C3)c(C)cc1-c1ccc(N2C(=O)c3ccc4c5c(ccc(c35)C2=O)C(=O)N(c2ccccc2)C4=O)cc1.[Zn+2]. The van der Waals surface area contributed by atoms with Gasteiger partial charge in [-0.3, -0.25) is 19.2 Å². The first kappa shape index (κ1) is 62.0. The molecular weight excluding hydrogens is 1220 g/mol. The fourth-order valence-corrected chi connectivity index (χ4v) is 15.0. The van der Waals surface area contributed by atoms with Gasteiger partial charge in [-0.2, -0.15) is 0 Å². The molecule has 10 nitrogen and oxygen atoms in total. The molecular formula is C84H68N6O4Zn. The van der Waals surface area contributed by atoms with Crippen molar-refractivity contribution in [2.75, 3.05) is 9.80 Å². The quantitative estimate of drug-likeness (QED) is 0.114. The first-order chi connectivity index (χ1) is 45.1. The van der Waals surface area contributed by atoms with Gasteiger partial charge < -0.3 is 9.97 Å². The van der Waals surface area contributed by atoms with Crippen LogP contribution in [0.2, 0.25) is 0 Å². The third-order valence-corrected chi connectivity index (χ3v) is 20.6. The van der Waals surface area contributed by atoms with Gasteiger partial charge in [0.15, 0.2) is 0 Å². The second kappa shape index (κ2) is 22.9. The molecule has 3 aromatic heterocycles. The van der Waals surface area contributed by atoms with Crippen LogP contribution in [0.5, 0.6) is 0 Å². The summed E-state index contributed by atoms with van der Waals surface area (Å²) in [4.78, 5) is 82.7. The molecule has 8 aromatic carbocycles. The third kappa shape index (κ3) is 9.52. The number of carbonyl (C=O) groups excluding carboxylic acids is 4. The number of aryl methyl sites for hydroxylation is 8. The summed E-state index contributed by atoms with van der Waals surface area (Å²) in [6.45, 7) is 30.6. The van der Waals surface area contributed by atoms with Gasteiger partial charge in [0.1, 0.15) is 0 Å². The van der Waals surface area contributed by atoms with Gasteiger partial charge in [0.05, 0.1) is 34.2 Å². The second-order valence-electron chi connectivity index (χ2n) is 26.1.